The molecule has 2 aliphatic rings. The van der Waals surface area contributed by atoms with Crippen molar-refractivity contribution in [2.45, 2.75) is 45.1 Å². The first-order valence-corrected chi connectivity index (χ1v) is 12.8. The second kappa shape index (κ2) is 11.2. The van der Waals surface area contributed by atoms with Crippen LogP contribution in [0.2, 0.25) is 0 Å². The van der Waals surface area contributed by atoms with Crippen LogP contribution >= 0.6 is 0 Å². The third-order valence-corrected chi connectivity index (χ3v) is 7.50. The van der Waals surface area contributed by atoms with E-state index in [2.05, 4.69) is 9.80 Å². The summed E-state index contributed by atoms with van der Waals surface area (Å²) < 4.78 is 13.1. The first-order chi connectivity index (χ1) is 17.4. The number of ketones is 1. The lowest BCUT2D eigenvalue weighted by molar-refractivity contribution is -0.131. The van der Waals surface area contributed by atoms with Gasteiger partial charge in [0.2, 0.25) is 0 Å². The predicted molar refractivity (Wildman–Crippen MR) is 137 cm³/mol. The molecule has 7 nitrogen and oxygen atoms in total. The number of likely N-dealkylation sites (tertiary alicyclic amines) is 1. The van der Waals surface area contributed by atoms with Crippen molar-refractivity contribution < 1.29 is 18.8 Å². The maximum Gasteiger partial charge on any atom is 0.328 e. The van der Waals surface area contributed by atoms with Crippen molar-refractivity contribution in [2.75, 3.05) is 44.3 Å². The van der Waals surface area contributed by atoms with Gasteiger partial charge in [0.05, 0.1) is 0 Å². The number of carbonyl (C=O) groups excluding carboxylic acids is 3. The molecule has 2 aliphatic heterocycles. The van der Waals surface area contributed by atoms with Crippen LogP contribution in [-0.4, -0.2) is 77.4 Å². The summed E-state index contributed by atoms with van der Waals surface area (Å²) in [4.78, 5) is 46.9. The van der Waals surface area contributed by atoms with E-state index in [-0.39, 0.29) is 30.2 Å². The number of halogens is 1. The molecule has 4 rings (SSSR count). The van der Waals surface area contributed by atoms with E-state index in [4.69, 9.17) is 0 Å². The normalized spacial score (nSPS) is 17.6. The number of piperidine rings is 1. The van der Waals surface area contributed by atoms with Crippen molar-refractivity contribution in [1.29, 1.82) is 0 Å². The molecular weight excluding hydrogens is 459 g/mol. The molecule has 2 fully saturated rings. The van der Waals surface area contributed by atoms with Gasteiger partial charge < -0.3 is 14.7 Å². The fourth-order valence-electron chi connectivity index (χ4n) is 5.33. The third-order valence-electron chi connectivity index (χ3n) is 7.50. The number of hydrogen-bond acceptors (Lipinski definition) is 5. The highest BCUT2D eigenvalue weighted by Gasteiger charge is 2.55. The molecule has 0 aromatic heterocycles. The number of rotatable bonds is 8. The Kier molecular flexibility index (Phi) is 8.04. The summed E-state index contributed by atoms with van der Waals surface area (Å²) in [6.45, 7) is 7.40. The fourth-order valence-corrected chi connectivity index (χ4v) is 5.33. The Morgan fingerprint density at radius 3 is 2.22 bits per heavy atom. The van der Waals surface area contributed by atoms with Crippen molar-refractivity contribution >= 4 is 23.4 Å². The number of imide groups is 1. The zero-order valence-electron chi connectivity index (χ0n) is 21.2. The SMILES string of the molecule is CCN(CC)C(=O)N1CN(c2ccccc2)C2(CCN(CCCC(=O)c3ccc(F)cc3)CC2)C1=O. The van der Waals surface area contributed by atoms with Gasteiger partial charge in [0.25, 0.3) is 5.91 Å². The molecule has 2 saturated heterocycles. The van der Waals surface area contributed by atoms with Crippen LogP contribution in [0.1, 0.15) is 49.9 Å². The summed E-state index contributed by atoms with van der Waals surface area (Å²) in [5.41, 5.74) is 0.728. The van der Waals surface area contributed by atoms with Crippen molar-refractivity contribution in [3.05, 3.63) is 66.0 Å². The molecular formula is C28H35FN4O3. The number of nitrogens with zero attached hydrogens (tertiary/aromatic N) is 4. The minimum Gasteiger partial charge on any atom is -0.338 e. The van der Waals surface area contributed by atoms with Gasteiger partial charge in [-0.05, 0) is 76.1 Å². The molecule has 2 heterocycles. The molecule has 0 aliphatic carbocycles. The zero-order valence-corrected chi connectivity index (χ0v) is 21.2. The Morgan fingerprint density at radius 2 is 1.61 bits per heavy atom. The molecule has 0 unspecified atom stereocenters. The van der Waals surface area contributed by atoms with Crippen molar-refractivity contribution in [3.8, 4) is 0 Å². The average molecular weight is 495 g/mol. The van der Waals surface area contributed by atoms with Crippen molar-refractivity contribution in [3.63, 3.8) is 0 Å². The van der Waals surface area contributed by atoms with Gasteiger partial charge in [0.1, 0.15) is 18.0 Å². The highest BCUT2D eigenvalue weighted by atomic mass is 19.1. The van der Waals surface area contributed by atoms with Gasteiger partial charge in [0, 0.05) is 43.9 Å². The molecule has 8 heteroatoms. The average Bonchev–Trinajstić information content (AvgIpc) is 3.18. The van der Waals surface area contributed by atoms with E-state index in [1.807, 2.05) is 44.2 Å². The molecule has 0 bridgehead atoms. The smallest absolute Gasteiger partial charge is 0.328 e. The van der Waals surface area contributed by atoms with Crippen LogP contribution in [0, 0.1) is 5.82 Å². The molecule has 36 heavy (non-hydrogen) atoms. The lowest BCUT2D eigenvalue weighted by Gasteiger charge is -2.43. The van der Waals surface area contributed by atoms with E-state index in [9.17, 15) is 18.8 Å². The number of hydrogen-bond donors (Lipinski definition) is 0. The summed E-state index contributed by atoms with van der Waals surface area (Å²) in [5, 5.41) is 0. The summed E-state index contributed by atoms with van der Waals surface area (Å²) in [6, 6.07) is 15.3. The summed E-state index contributed by atoms with van der Waals surface area (Å²) >= 11 is 0. The van der Waals surface area contributed by atoms with Crippen LogP contribution in [0.4, 0.5) is 14.9 Å². The van der Waals surface area contributed by atoms with E-state index in [1.165, 1.54) is 29.2 Å². The second-order valence-corrected chi connectivity index (χ2v) is 9.50. The maximum absolute atomic E-state index is 13.8. The predicted octanol–water partition coefficient (Wildman–Crippen LogP) is 4.39. The van der Waals surface area contributed by atoms with Crippen LogP contribution in [0.5, 0.6) is 0 Å². The van der Waals surface area contributed by atoms with Crippen LogP contribution in [0.25, 0.3) is 0 Å². The monoisotopic (exact) mass is 494 g/mol. The van der Waals surface area contributed by atoms with Crippen LogP contribution in [0.3, 0.4) is 0 Å². The molecule has 0 atom stereocenters. The number of anilines is 1. The van der Waals surface area contributed by atoms with Gasteiger partial charge in [-0.25, -0.2) is 14.1 Å². The Bertz CT molecular complexity index is 1060. The number of urea groups is 1. The van der Waals surface area contributed by atoms with Gasteiger partial charge >= 0.3 is 6.03 Å². The van der Waals surface area contributed by atoms with Gasteiger partial charge in [-0.1, -0.05) is 18.2 Å². The van der Waals surface area contributed by atoms with Crippen LogP contribution in [-0.2, 0) is 4.79 Å². The van der Waals surface area contributed by atoms with Crippen molar-refractivity contribution in [2.24, 2.45) is 0 Å². The summed E-state index contributed by atoms with van der Waals surface area (Å²) in [7, 11) is 0. The van der Waals surface area contributed by atoms with Gasteiger partial charge in [-0.2, -0.15) is 0 Å². The molecule has 1 spiro atoms. The van der Waals surface area contributed by atoms with E-state index < -0.39 is 5.54 Å². The van der Waals surface area contributed by atoms with Gasteiger partial charge in [-0.15, -0.1) is 0 Å². The molecule has 0 saturated carbocycles. The largest absolute Gasteiger partial charge is 0.338 e. The third kappa shape index (κ3) is 5.14. The van der Waals surface area contributed by atoms with Crippen LogP contribution in [0.15, 0.2) is 54.6 Å². The first kappa shape index (κ1) is 25.8. The van der Waals surface area contributed by atoms with Crippen molar-refractivity contribution in [1.82, 2.24) is 14.7 Å². The number of amides is 3. The topological polar surface area (TPSA) is 64.2 Å². The van der Waals surface area contributed by atoms with E-state index in [1.54, 1.807) is 4.90 Å². The highest BCUT2D eigenvalue weighted by molar-refractivity contribution is 6.04. The minimum absolute atomic E-state index is 0.00950. The Morgan fingerprint density at radius 1 is 0.972 bits per heavy atom. The van der Waals surface area contributed by atoms with E-state index >= 15 is 0 Å². The minimum atomic E-state index is -0.745. The highest BCUT2D eigenvalue weighted by Crippen LogP contribution is 2.40. The molecule has 2 aromatic carbocycles. The standard InChI is InChI=1S/C28H35FN4O3/c1-3-31(4-2)27(36)32-21-33(24-9-6-5-7-10-24)28(26(32)35)16-19-30(20-17-28)18-8-11-25(34)22-12-14-23(29)15-13-22/h5-7,9-10,12-15H,3-4,8,11,16-21H2,1-2H3. The maximum atomic E-state index is 13.8. The number of para-hydroxylation sites is 1. The molecule has 3 amide bonds. The zero-order chi connectivity index (χ0) is 25.7. The number of carbonyl (C=O) groups is 3. The number of benzene rings is 2. The quantitative estimate of drug-likeness (QED) is 0.510. The lowest BCUT2D eigenvalue weighted by atomic mass is 9.85. The first-order valence-electron chi connectivity index (χ1n) is 12.8. The van der Waals surface area contributed by atoms with Gasteiger partial charge in [0.15, 0.2) is 5.78 Å². The van der Waals surface area contributed by atoms with Crippen LogP contribution < -0.4 is 4.90 Å². The Labute approximate surface area is 212 Å². The van der Waals surface area contributed by atoms with E-state index in [0.29, 0.717) is 57.4 Å². The van der Waals surface area contributed by atoms with E-state index in [0.717, 1.165) is 12.2 Å². The second-order valence-electron chi connectivity index (χ2n) is 9.50. The van der Waals surface area contributed by atoms with Gasteiger partial charge in [-0.3, -0.25) is 9.59 Å². The molecule has 2 aromatic rings. The Balaban J connectivity index is 1.41. The summed E-state index contributed by atoms with van der Waals surface area (Å²) in [5.74, 6) is -0.457. The summed E-state index contributed by atoms with van der Waals surface area (Å²) in [6.07, 6.45) is 2.34. The Hall–Kier alpha value is -3.26. The molecule has 0 N–H and O–H groups in total. The fraction of sp³-hybridized carbons (Fsp3) is 0.464. The number of Topliss-reactive ketones (excluding diaryl/α,β-unsaturated/α-hetero) is 1. The molecule has 192 valence electrons. The molecule has 0 radical (unpaired) electrons. The lowest BCUT2D eigenvalue weighted by Crippen LogP contribution is -2.57.